The molecule has 2 aromatic rings. The molecule has 0 saturated carbocycles. The van der Waals surface area contributed by atoms with Crippen LogP contribution in [0.1, 0.15) is 11.1 Å². The van der Waals surface area contributed by atoms with Crippen LogP contribution >= 0.6 is 0 Å². The van der Waals surface area contributed by atoms with Gasteiger partial charge in [0.15, 0.2) is 0 Å². The van der Waals surface area contributed by atoms with Crippen molar-refractivity contribution in [2.75, 3.05) is 14.2 Å². The van der Waals surface area contributed by atoms with Crippen LogP contribution in [0.2, 0.25) is 0 Å². The standard InChI is InChI=1S/C18H21NO3/c1-21-16-10-8-14(9-11-16)12-17(18(20)22-2)19-13-15-6-4-3-5-7-15/h3-11,17,19H,12-13H2,1-2H3. The number of hydrogen-bond donors (Lipinski definition) is 1. The summed E-state index contributed by atoms with van der Waals surface area (Å²) in [6.07, 6.45) is 0.573. The predicted octanol–water partition coefficient (Wildman–Crippen LogP) is 2.57. The second-order valence-electron chi connectivity index (χ2n) is 4.99. The van der Waals surface area contributed by atoms with Crippen molar-refractivity contribution in [1.82, 2.24) is 5.32 Å². The van der Waals surface area contributed by atoms with Gasteiger partial charge < -0.3 is 14.8 Å². The maximum Gasteiger partial charge on any atom is 0.323 e. The van der Waals surface area contributed by atoms with Gasteiger partial charge in [0, 0.05) is 6.54 Å². The van der Waals surface area contributed by atoms with Gasteiger partial charge in [0.25, 0.3) is 0 Å². The number of hydrogen-bond acceptors (Lipinski definition) is 4. The molecular weight excluding hydrogens is 278 g/mol. The van der Waals surface area contributed by atoms with E-state index in [1.807, 2.05) is 54.6 Å². The Bertz CT molecular complexity index is 581. The number of ether oxygens (including phenoxy) is 2. The third-order valence-corrected chi connectivity index (χ3v) is 3.48. The molecule has 2 rings (SSSR count). The first kappa shape index (κ1) is 16.0. The Kier molecular flexibility index (Phi) is 5.98. The lowest BCUT2D eigenvalue weighted by Gasteiger charge is -2.17. The van der Waals surface area contributed by atoms with E-state index in [1.54, 1.807) is 7.11 Å². The summed E-state index contributed by atoms with van der Waals surface area (Å²) >= 11 is 0. The molecule has 1 atom stereocenters. The average Bonchev–Trinajstić information content (AvgIpc) is 2.59. The molecule has 116 valence electrons. The molecule has 4 nitrogen and oxygen atoms in total. The summed E-state index contributed by atoms with van der Waals surface area (Å²) < 4.78 is 10.0. The molecule has 2 aromatic carbocycles. The molecule has 0 fully saturated rings. The van der Waals surface area contributed by atoms with Crippen LogP contribution in [-0.4, -0.2) is 26.2 Å². The Hall–Kier alpha value is -2.33. The zero-order chi connectivity index (χ0) is 15.8. The van der Waals surface area contributed by atoms with E-state index in [0.717, 1.165) is 16.9 Å². The lowest BCUT2D eigenvalue weighted by molar-refractivity contribution is -0.143. The zero-order valence-corrected chi connectivity index (χ0v) is 12.9. The molecular formula is C18H21NO3. The number of methoxy groups -OCH3 is 2. The van der Waals surface area contributed by atoms with Crippen LogP contribution in [0.15, 0.2) is 54.6 Å². The number of esters is 1. The Morgan fingerprint density at radius 1 is 1.00 bits per heavy atom. The van der Waals surface area contributed by atoms with Gasteiger partial charge in [-0.05, 0) is 29.7 Å². The van der Waals surface area contributed by atoms with E-state index in [2.05, 4.69) is 5.32 Å². The SMILES string of the molecule is COC(=O)C(Cc1ccc(OC)cc1)NCc1ccccc1. The van der Waals surface area contributed by atoms with Gasteiger partial charge in [0.1, 0.15) is 11.8 Å². The van der Waals surface area contributed by atoms with Crippen LogP contribution in [0.4, 0.5) is 0 Å². The molecule has 1 unspecified atom stereocenters. The number of rotatable bonds is 7. The summed E-state index contributed by atoms with van der Waals surface area (Å²) in [5.41, 5.74) is 2.18. The van der Waals surface area contributed by atoms with E-state index in [4.69, 9.17) is 9.47 Å². The first-order valence-electron chi connectivity index (χ1n) is 7.21. The van der Waals surface area contributed by atoms with Crippen LogP contribution in [0, 0.1) is 0 Å². The van der Waals surface area contributed by atoms with Crippen LogP contribution in [0.3, 0.4) is 0 Å². The second-order valence-corrected chi connectivity index (χ2v) is 4.99. The lowest BCUT2D eigenvalue weighted by Crippen LogP contribution is -2.39. The zero-order valence-electron chi connectivity index (χ0n) is 12.9. The van der Waals surface area contributed by atoms with Gasteiger partial charge in [-0.25, -0.2) is 0 Å². The summed E-state index contributed by atoms with van der Waals surface area (Å²) in [5.74, 6) is 0.544. The molecule has 0 aromatic heterocycles. The van der Waals surface area contributed by atoms with Gasteiger partial charge in [0.2, 0.25) is 0 Å². The molecule has 22 heavy (non-hydrogen) atoms. The van der Waals surface area contributed by atoms with Gasteiger partial charge in [-0.1, -0.05) is 42.5 Å². The molecule has 0 aliphatic rings. The van der Waals surface area contributed by atoms with Crippen molar-refractivity contribution in [3.63, 3.8) is 0 Å². The largest absolute Gasteiger partial charge is 0.497 e. The van der Waals surface area contributed by atoms with Gasteiger partial charge in [0.05, 0.1) is 14.2 Å². The van der Waals surface area contributed by atoms with Crippen LogP contribution in [0.25, 0.3) is 0 Å². The van der Waals surface area contributed by atoms with Gasteiger partial charge in [-0.15, -0.1) is 0 Å². The summed E-state index contributed by atoms with van der Waals surface area (Å²) in [7, 11) is 3.04. The van der Waals surface area contributed by atoms with Gasteiger partial charge in [-0.2, -0.15) is 0 Å². The molecule has 0 amide bonds. The van der Waals surface area contributed by atoms with E-state index >= 15 is 0 Å². The van der Waals surface area contributed by atoms with E-state index in [1.165, 1.54) is 7.11 Å². The third kappa shape index (κ3) is 4.60. The van der Waals surface area contributed by atoms with E-state index < -0.39 is 0 Å². The highest BCUT2D eigenvalue weighted by Crippen LogP contribution is 2.13. The van der Waals surface area contributed by atoms with Crippen molar-refractivity contribution in [1.29, 1.82) is 0 Å². The van der Waals surface area contributed by atoms with Crippen LogP contribution in [-0.2, 0) is 22.5 Å². The van der Waals surface area contributed by atoms with Crippen molar-refractivity contribution in [2.45, 2.75) is 19.0 Å². The maximum atomic E-state index is 12.0. The normalized spacial score (nSPS) is 11.7. The second kappa shape index (κ2) is 8.20. The molecule has 4 heteroatoms. The highest BCUT2D eigenvalue weighted by atomic mass is 16.5. The molecule has 1 N–H and O–H groups in total. The van der Waals surface area contributed by atoms with Crippen LogP contribution < -0.4 is 10.1 Å². The summed E-state index contributed by atoms with van der Waals surface area (Å²) in [6.45, 7) is 0.622. The van der Waals surface area contributed by atoms with Crippen molar-refractivity contribution >= 4 is 5.97 Å². The van der Waals surface area contributed by atoms with Crippen molar-refractivity contribution in [3.8, 4) is 5.75 Å². The first-order chi connectivity index (χ1) is 10.7. The highest BCUT2D eigenvalue weighted by molar-refractivity contribution is 5.76. The highest BCUT2D eigenvalue weighted by Gasteiger charge is 2.19. The molecule has 0 spiro atoms. The van der Waals surface area contributed by atoms with E-state index in [0.29, 0.717) is 13.0 Å². The predicted molar refractivity (Wildman–Crippen MR) is 85.8 cm³/mol. The van der Waals surface area contributed by atoms with Crippen molar-refractivity contribution in [3.05, 3.63) is 65.7 Å². The number of carbonyl (C=O) groups excluding carboxylic acids is 1. The van der Waals surface area contributed by atoms with E-state index in [9.17, 15) is 4.79 Å². The van der Waals surface area contributed by atoms with Crippen molar-refractivity contribution < 1.29 is 14.3 Å². The molecule has 0 saturated heterocycles. The maximum absolute atomic E-state index is 12.0. The molecule has 0 heterocycles. The van der Waals surface area contributed by atoms with E-state index in [-0.39, 0.29) is 12.0 Å². The summed E-state index contributed by atoms with van der Waals surface area (Å²) in [6, 6.07) is 17.3. The molecule has 0 radical (unpaired) electrons. The minimum atomic E-state index is -0.376. The topological polar surface area (TPSA) is 47.6 Å². The minimum Gasteiger partial charge on any atom is -0.497 e. The van der Waals surface area contributed by atoms with Gasteiger partial charge >= 0.3 is 5.97 Å². The fourth-order valence-electron chi connectivity index (χ4n) is 2.22. The molecule has 0 bridgehead atoms. The molecule has 0 aliphatic heterocycles. The number of nitrogens with one attached hydrogen (secondary N) is 1. The minimum absolute atomic E-state index is 0.258. The van der Waals surface area contributed by atoms with Crippen molar-refractivity contribution in [2.24, 2.45) is 0 Å². The van der Waals surface area contributed by atoms with Gasteiger partial charge in [-0.3, -0.25) is 4.79 Å². The summed E-state index contributed by atoms with van der Waals surface area (Å²) in [4.78, 5) is 12.0. The Labute approximate surface area is 131 Å². The monoisotopic (exact) mass is 299 g/mol. The third-order valence-electron chi connectivity index (χ3n) is 3.48. The average molecular weight is 299 g/mol. The fraction of sp³-hybridized carbons (Fsp3) is 0.278. The number of benzene rings is 2. The smallest absolute Gasteiger partial charge is 0.323 e. The first-order valence-corrected chi connectivity index (χ1v) is 7.21. The van der Waals surface area contributed by atoms with Crippen LogP contribution in [0.5, 0.6) is 5.75 Å². The quantitative estimate of drug-likeness (QED) is 0.798. The molecule has 0 aliphatic carbocycles. The summed E-state index contributed by atoms with van der Waals surface area (Å²) in [5, 5.41) is 3.26. The Morgan fingerprint density at radius 3 is 2.27 bits per heavy atom. The Morgan fingerprint density at radius 2 is 1.68 bits per heavy atom. The number of carbonyl (C=O) groups is 1. The Balaban J connectivity index is 2.00. The fourth-order valence-corrected chi connectivity index (χ4v) is 2.22. The lowest BCUT2D eigenvalue weighted by atomic mass is 10.1.